The van der Waals surface area contributed by atoms with Gasteiger partial charge in [0.15, 0.2) is 0 Å². The highest BCUT2D eigenvalue weighted by atomic mass is 32.2. The molecule has 1 atom stereocenters. The Kier molecular flexibility index (Phi) is 7.39. The maximum Gasteiger partial charge on any atom is 0.327 e. The van der Waals surface area contributed by atoms with Crippen LogP contribution in [0, 0.1) is 16.7 Å². The maximum absolute atomic E-state index is 10.7. The summed E-state index contributed by atoms with van der Waals surface area (Å²) in [5.74, 6) is 0.109. The molecule has 0 spiro atoms. The lowest BCUT2D eigenvalue weighted by molar-refractivity contribution is -0.139. The van der Waals surface area contributed by atoms with E-state index in [4.69, 9.17) is 10.4 Å². The minimum atomic E-state index is -1.03. The van der Waals surface area contributed by atoms with Crippen molar-refractivity contribution in [2.75, 3.05) is 11.5 Å². The van der Waals surface area contributed by atoms with Crippen LogP contribution in [0.3, 0.4) is 0 Å². The summed E-state index contributed by atoms with van der Waals surface area (Å²) in [6, 6.07) is 1.39. The van der Waals surface area contributed by atoms with Crippen LogP contribution in [0.25, 0.3) is 0 Å². The number of carbonyl (C=O) groups is 2. The minimum Gasteiger partial charge on any atom is -0.480 e. The van der Waals surface area contributed by atoms with E-state index in [-0.39, 0.29) is 5.41 Å². The van der Waals surface area contributed by atoms with Gasteiger partial charge in [-0.25, -0.2) is 4.79 Å². The molecule has 0 heterocycles. The quantitative estimate of drug-likeness (QED) is 0.480. The highest BCUT2D eigenvalue weighted by Crippen LogP contribution is 2.22. The van der Waals surface area contributed by atoms with Crippen molar-refractivity contribution in [3.63, 3.8) is 0 Å². The molecule has 0 fully saturated rings. The van der Waals surface area contributed by atoms with Crippen LogP contribution in [0.2, 0.25) is 0 Å². The molecule has 0 saturated carbocycles. The smallest absolute Gasteiger partial charge is 0.327 e. The molecule has 0 rings (SSSR count). The number of hydrogen-bond donors (Lipinski definition) is 2. The Morgan fingerprint density at radius 2 is 2.29 bits per heavy atom. The normalized spacial score (nSPS) is 12.5. The monoisotopic (exact) mass is 258 g/mol. The van der Waals surface area contributed by atoms with Gasteiger partial charge in [0.2, 0.25) is 6.41 Å². The Morgan fingerprint density at radius 1 is 1.65 bits per heavy atom. The first-order valence-corrected chi connectivity index (χ1v) is 6.50. The van der Waals surface area contributed by atoms with Gasteiger partial charge in [-0.05, 0) is 32.4 Å². The van der Waals surface area contributed by atoms with E-state index in [1.165, 1.54) is 11.8 Å². The van der Waals surface area contributed by atoms with Gasteiger partial charge in [-0.1, -0.05) is 0 Å². The van der Waals surface area contributed by atoms with Crippen molar-refractivity contribution >= 4 is 24.1 Å². The first-order chi connectivity index (χ1) is 7.93. The molecule has 0 aromatic carbocycles. The molecule has 96 valence electrons. The number of thioether (sulfide) groups is 1. The Bertz CT molecular complexity index is 300. The Morgan fingerprint density at radius 3 is 2.76 bits per heavy atom. The summed E-state index contributed by atoms with van der Waals surface area (Å²) in [5.41, 5.74) is -0.326. The molecule has 0 radical (unpaired) electrons. The van der Waals surface area contributed by atoms with E-state index in [0.29, 0.717) is 12.2 Å². The van der Waals surface area contributed by atoms with Crippen LogP contribution in [0.15, 0.2) is 0 Å². The topological polar surface area (TPSA) is 90.2 Å². The Hall–Kier alpha value is -1.22. The largest absolute Gasteiger partial charge is 0.480 e. The van der Waals surface area contributed by atoms with E-state index in [0.717, 1.165) is 18.6 Å². The van der Waals surface area contributed by atoms with Crippen LogP contribution in [-0.2, 0) is 9.59 Å². The molecule has 0 aliphatic heterocycles. The van der Waals surface area contributed by atoms with Gasteiger partial charge >= 0.3 is 5.97 Å². The van der Waals surface area contributed by atoms with Crippen molar-refractivity contribution < 1.29 is 14.7 Å². The number of hydrogen-bond acceptors (Lipinski definition) is 4. The van der Waals surface area contributed by atoms with Gasteiger partial charge in [0, 0.05) is 5.75 Å². The molecule has 1 amide bonds. The van der Waals surface area contributed by atoms with Crippen molar-refractivity contribution in [3.05, 3.63) is 0 Å². The number of carboxylic acids is 1. The van der Waals surface area contributed by atoms with E-state index in [2.05, 4.69) is 11.4 Å². The van der Waals surface area contributed by atoms with Gasteiger partial charge in [-0.2, -0.15) is 17.0 Å². The van der Waals surface area contributed by atoms with E-state index >= 15 is 0 Å². The summed E-state index contributed by atoms with van der Waals surface area (Å²) in [6.07, 6.45) is 2.05. The molecule has 0 aliphatic carbocycles. The minimum absolute atomic E-state index is 0.326. The van der Waals surface area contributed by atoms with Gasteiger partial charge < -0.3 is 10.4 Å². The lowest BCUT2D eigenvalue weighted by Gasteiger charge is -2.15. The van der Waals surface area contributed by atoms with E-state index in [1.54, 1.807) is 0 Å². The number of carboxylic acid groups (broad SMARTS) is 1. The predicted octanol–water partition coefficient (Wildman–Crippen LogP) is 1.25. The molecule has 0 aromatic heterocycles. The second-order valence-electron chi connectivity index (χ2n) is 4.35. The molecule has 6 heteroatoms. The van der Waals surface area contributed by atoms with Crippen LogP contribution in [-0.4, -0.2) is 35.0 Å². The molecule has 0 aromatic rings. The second-order valence-corrected chi connectivity index (χ2v) is 5.50. The second kappa shape index (κ2) is 7.96. The number of aliphatic carboxylic acids is 1. The number of rotatable bonds is 9. The molecule has 0 saturated heterocycles. The molecule has 0 aliphatic rings. The van der Waals surface area contributed by atoms with Crippen molar-refractivity contribution in [2.24, 2.45) is 5.41 Å². The highest BCUT2D eigenvalue weighted by Gasteiger charge is 2.17. The molecule has 2 N–H and O–H groups in total. The van der Waals surface area contributed by atoms with Gasteiger partial charge in [0.1, 0.15) is 6.04 Å². The SMILES string of the molecule is CC(C)(C#N)CCCSCC(NC=O)C(=O)O. The summed E-state index contributed by atoms with van der Waals surface area (Å²) in [4.78, 5) is 20.8. The third kappa shape index (κ3) is 7.64. The standard InChI is InChI=1S/C11H18N2O3S/c1-11(2,7-12)4-3-5-17-6-9(10(15)16)13-8-14/h8-9H,3-6H2,1-2H3,(H,13,14)(H,15,16). The third-order valence-electron chi connectivity index (χ3n) is 2.24. The fourth-order valence-electron chi connectivity index (χ4n) is 1.15. The maximum atomic E-state index is 10.7. The number of nitriles is 1. The van der Waals surface area contributed by atoms with Gasteiger partial charge in [0.05, 0.1) is 11.5 Å². The molecule has 17 heavy (non-hydrogen) atoms. The average Bonchev–Trinajstić information content (AvgIpc) is 2.27. The fraction of sp³-hybridized carbons (Fsp3) is 0.727. The fourth-order valence-corrected chi connectivity index (χ4v) is 2.14. The van der Waals surface area contributed by atoms with Crippen molar-refractivity contribution in [2.45, 2.75) is 32.7 Å². The van der Waals surface area contributed by atoms with Crippen LogP contribution in [0.5, 0.6) is 0 Å². The summed E-state index contributed by atoms with van der Waals surface area (Å²) in [7, 11) is 0. The molecular formula is C11H18N2O3S. The zero-order valence-electron chi connectivity index (χ0n) is 10.1. The predicted molar refractivity (Wildman–Crippen MR) is 66.6 cm³/mol. The highest BCUT2D eigenvalue weighted by molar-refractivity contribution is 7.99. The lowest BCUT2D eigenvalue weighted by Crippen LogP contribution is -2.37. The van der Waals surface area contributed by atoms with Crippen LogP contribution in [0.4, 0.5) is 0 Å². The van der Waals surface area contributed by atoms with Crippen molar-refractivity contribution in [1.29, 1.82) is 5.26 Å². The van der Waals surface area contributed by atoms with Crippen molar-refractivity contribution in [3.8, 4) is 6.07 Å². The number of nitrogens with zero attached hydrogens (tertiary/aromatic N) is 1. The van der Waals surface area contributed by atoms with Crippen LogP contribution in [0.1, 0.15) is 26.7 Å². The molecule has 5 nitrogen and oxygen atoms in total. The Balaban J connectivity index is 3.73. The first-order valence-electron chi connectivity index (χ1n) is 5.34. The average molecular weight is 258 g/mol. The molecule has 1 unspecified atom stereocenters. The zero-order valence-corrected chi connectivity index (χ0v) is 10.9. The summed E-state index contributed by atoms with van der Waals surface area (Å²) in [5, 5.41) is 19.8. The number of amides is 1. The summed E-state index contributed by atoms with van der Waals surface area (Å²) >= 11 is 1.47. The molecular weight excluding hydrogens is 240 g/mol. The number of nitrogens with one attached hydrogen (secondary N) is 1. The van der Waals surface area contributed by atoms with E-state index < -0.39 is 12.0 Å². The lowest BCUT2D eigenvalue weighted by atomic mass is 9.90. The van der Waals surface area contributed by atoms with Crippen LogP contribution >= 0.6 is 11.8 Å². The van der Waals surface area contributed by atoms with Crippen molar-refractivity contribution in [1.82, 2.24) is 5.32 Å². The van der Waals surface area contributed by atoms with Gasteiger partial charge in [-0.15, -0.1) is 0 Å². The van der Waals surface area contributed by atoms with Crippen LogP contribution < -0.4 is 5.32 Å². The Labute approximate surface area is 106 Å². The van der Waals surface area contributed by atoms with E-state index in [9.17, 15) is 9.59 Å². The first kappa shape index (κ1) is 15.8. The van der Waals surface area contributed by atoms with E-state index in [1.807, 2.05) is 13.8 Å². The summed E-state index contributed by atoms with van der Waals surface area (Å²) < 4.78 is 0. The van der Waals surface area contributed by atoms with Gasteiger partial charge in [-0.3, -0.25) is 4.79 Å². The van der Waals surface area contributed by atoms with Gasteiger partial charge in [0.25, 0.3) is 0 Å². The summed E-state index contributed by atoms with van der Waals surface area (Å²) in [6.45, 7) is 3.76. The zero-order chi connectivity index (χ0) is 13.3. The molecule has 0 bridgehead atoms. The third-order valence-corrected chi connectivity index (χ3v) is 3.39. The number of carbonyl (C=O) groups excluding carboxylic acids is 1.